The van der Waals surface area contributed by atoms with Crippen LogP contribution in [0.4, 0.5) is 4.39 Å². The van der Waals surface area contributed by atoms with Crippen LogP contribution in [0.3, 0.4) is 0 Å². The number of carbonyl (C=O) groups is 1. The number of nitrogens with zero attached hydrogens (tertiary/aromatic N) is 2. The van der Waals surface area contributed by atoms with Gasteiger partial charge in [-0.2, -0.15) is 0 Å². The fourth-order valence-electron chi connectivity index (χ4n) is 5.72. The van der Waals surface area contributed by atoms with Crippen LogP contribution in [-0.4, -0.2) is 15.8 Å². The number of carbonyl (C=O) groups excluding carboxylic acids is 1. The van der Waals surface area contributed by atoms with Crippen molar-refractivity contribution in [2.24, 2.45) is 11.7 Å². The molecule has 1 aromatic carbocycles. The van der Waals surface area contributed by atoms with E-state index in [9.17, 15) is 9.18 Å². The fourth-order valence-corrected chi connectivity index (χ4v) is 5.72. The van der Waals surface area contributed by atoms with E-state index < -0.39 is 0 Å². The van der Waals surface area contributed by atoms with Crippen LogP contribution < -0.4 is 5.73 Å². The van der Waals surface area contributed by atoms with E-state index in [0.717, 1.165) is 66.0 Å². The Labute approximate surface area is 221 Å². The number of nitrogens with two attached hydrogens (primary N) is 1. The van der Waals surface area contributed by atoms with Gasteiger partial charge in [-0.05, 0) is 80.4 Å². The molecule has 0 fully saturated rings. The maximum atomic E-state index is 14.7. The number of hydrogen-bond acceptors (Lipinski definition) is 3. The van der Waals surface area contributed by atoms with Gasteiger partial charge in [0.15, 0.2) is 0 Å². The molecular weight excluding hydrogens is 461 g/mol. The van der Waals surface area contributed by atoms with Crippen LogP contribution in [0, 0.1) is 18.7 Å². The molecule has 1 atom stereocenters. The number of hydrogen-bond donors (Lipinski definition) is 1. The molecule has 0 saturated heterocycles. The van der Waals surface area contributed by atoms with E-state index in [4.69, 9.17) is 4.98 Å². The number of aryl methyl sites for hydroxylation is 2. The zero-order valence-corrected chi connectivity index (χ0v) is 23.8. The predicted octanol–water partition coefficient (Wildman–Crippen LogP) is 7.68. The Kier molecular flexibility index (Phi) is 8.78. The summed E-state index contributed by atoms with van der Waals surface area (Å²) in [7, 11) is 0. The summed E-state index contributed by atoms with van der Waals surface area (Å²) >= 11 is 0. The highest BCUT2D eigenvalue weighted by Crippen LogP contribution is 2.47. The summed E-state index contributed by atoms with van der Waals surface area (Å²) in [5.74, 6) is -0.133. The van der Waals surface area contributed by atoms with Crippen LogP contribution in [0.15, 0.2) is 47.2 Å². The number of aromatic nitrogens is 1. The summed E-state index contributed by atoms with van der Waals surface area (Å²) in [6, 6.07) is 1.64. The summed E-state index contributed by atoms with van der Waals surface area (Å²) < 4.78 is 14.7. The van der Waals surface area contributed by atoms with Crippen LogP contribution in [0.1, 0.15) is 89.3 Å². The van der Waals surface area contributed by atoms with E-state index in [1.807, 2.05) is 20.8 Å². The molecular formula is C32H42FN3O. The lowest BCUT2D eigenvalue weighted by atomic mass is 9.84. The Balaban J connectivity index is 0.000000580. The molecule has 0 bridgehead atoms. The van der Waals surface area contributed by atoms with Gasteiger partial charge in [-0.15, -0.1) is 0 Å². The van der Waals surface area contributed by atoms with Gasteiger partial charge < -0.3 is 10.6 Å². The molecule has 1 aromatic heterocycles. The Morgan fingerprint density at radius 2 is 1.86 bits per heavy atom. The zero-order chi connectivity index (χ0) is 27.6. The Hall–Kier alpha value is -3.21. The minimum Gasteiger partial charge on any atom is -0.370 e. The SMILES string of the molecule is C=C1C(CC)=C(C(C)/C(C)=C\C)C=C2c3nc4cc(F)c(C)c5c4c(c3CN12)CCC5.CC.CC(N)=O. The summed E-state index contributed by atoms with van der Waals surface area (Å²) in [6.07, 6.45) is 8.55. The topological polar surface area (TPSA) is 59.2 Å². The number of pyridine rings is 1. The minimum absolute atomic E-state index is 0.133. The van der Waals surface area contributed by atoms with Crippen molar-refractivity contribution in [1.82, 2.24) is 9.88 Å². The first-order valence-corrected chi connectivity index (χ1v) is 13.5. The Morgan fingerprint density at radius 1 is 1.24 bits per heavy atom. The number of fused-ring (bicyclic) bond motifs is 4. The first kappa shape index (κ1) is 28.4. The van der Waals surface area contributed by atoms with Gasteiger partial charge in [0.1, 0.15) is 5.82 Å². The second kappa shape index (κ2) is 11.5. The lowest BCUT2D eigenvalue weighted by Crippen LogP contribution is -2.22. The maximum Gasteiger partial charge on any atom is 0.214 e. The monoisotopic (exact) mass is 503 g/mol. The third-order valence-electron chi connectivity index (χ3n) is 7.79. The number of allylic oxidation sites excluding steroid dienone is 5. The highest BCUT2D eigenvalue weighted by molar-refractivity contribution is 5.92. The molecule has 1 aliphatic carbocycles. The van der Waals surface area contributed by atoms with Gasteiger partial charge in [-0.25, -0.2) is 9.37 Å². The third-order valence-corrected chi connectivity index (χ3v) is 7.79. The van der Waals surface area contributed by atoms with Crippen molar-refractivity contribution >= 4 is 22.5 Å². The fraction of sp³-hybridized carbons (Fsp3) is 0.438. The summed E-state index contributed by atoms with van der Waals surface area (Å²) in [6.45, 7) is 21.3. The van der Waals surface area contributed by atoms with Crippen LogP contribution in [0.2, 0.25) is 0 Å². The number of primary amides is 1. The maximum absolute atomic E-state index is 14.7. The first-order chi connectivity index (χ1) is 17.6. The molecule has 5 heteroatoms. The molecule has 2 N–H and O–H groups in total. The summed E-state index contributed by atoms with van der Waals surface area (Å²) in [5, 5.41) is 1.21. The molecule has 4 nitrogen and oxygen atoms in total. The molecule has 0 saturated carbocycles. The van der Waals surface area contributed by atoms with Gasteiger partial charge in [0.2, 0.25) is 5.91 Å². The van der Waals surface area contributed by atoms with E-state index >= 15 is 0 Å². The van der Waals surface area contributed by atoms with E-state index in [-0.39, 0.29) is 11.7 Å². The van der Waals surface area contributed by atoms with E-state index in [1.54, 1.807) is 6.07 Å². The molecule has 3 aliphatic rings. The van der Waals surface area contributed by atoms with Crippen molar-refractivity contribution < 1.29 is 9.18 Å². The smallest absolute Gasteiger partial charge is 0.214 e. The lowest BCUT2D eigenvalue weighted by molar-refractivity contribution is -0.115. The molecule has 5 rings (SSSR count). The second-order valence-electron chi connectivity index (χ2n) is 9.84. The standard InChI is InChI=1S/C28H31FN2.C2H5NO.C2H6/c1-7-15(3)16(4)22-12-26-28-23(14-31(26)18(6)19(22)8-2)21-11-9-10-20-17(5)24(29)13-25(30-28)27(20)21;1-2(3)4;1-2/h7,12-13,16H,6,8-11,14H2,1-5H3;1H3,(H2,3,4);1-2H3/b15-7-;;. The quantitative estimate of drug-likeness (QED) is 0.437. The van der Waals surface area contributed by atoms with E-state index in [0.29, 0.717) is 5.92 Å². The molecule has 0 spiro atoms. The van der Waals surface area contributed by atoms with Crippen molar-refractivity contribution in [3.8, 4) is 0 Å². The van der Waals surface area contributed by atoms with Crippen LogP contribution >= 0.6 is 0 Å². The van der Waals surface area contributed by atoms with Gasteiger partial charge >= 0.3 is 0 Å². The van der Waals surface area contributed by atoms with Gasteiger partial charge in [0.25, 0.3) is 0 Å². The molecule has 2 aromatic rings. The Morgan fingerprint density at radius 3 is 2.46 bits per heavy atom. The van der Waals surface area contributed by atoms with Gasteiger partial charge in [-0.3, -0.25) is 4.79 Å². The normalized spacial score (nSPS) is 16.8. The summed E-state index contributed by atoms with van der Waals surface area (Å²) in [4.78, 5) is 16.6. The van der Waals surface area contributed by atoms with Gasteiger partial charge in [0.05, 0.1) is 23.5 Å². The van der Waals surface area contributed by atoms with Crippen molar-refractivity contribution in [3.63, 3.8) is 0 Å². The molecule has 198 valence electrons. The van der Waals surface area contributed by atoms with Crippen molar-refractivity contribution in [1.29, 1.82) is 0 Å². The predicted molar refractivity (Wildman–Crippen MR) is 153 cm³/mol. The number of benzene rings is 1. The van der Waals surface area contributed by atoms with Crippen molar-refractivity contribution in [3.05, 3.63) is 81.0 Å². The number of amides is 1. The molecule has 37 heavy (non-hydrogen) atoms. The second-order valence-corrected chi connectivity index (χ2v) is 9.84. The average molecular weight is 504 g/mol. The molecule has 2 aliphatic heterocycles. The van der Waals surface area contributed by atoms with Gasteiger partial charge in [-0.1, -0.05) is 45.9 Å². The highest BCUT2D eigenvalue weighted by Gasteiger charge is 2.36. The average Bonchev–Trinajstić information content (AvgIpc) is 3.26. The number of rotatable bonds is 3. The third kappa shape index (κ3) is 5.01. The molecule has 1 amide bonds. The van der Waals surface area contributed by atoms with Gasteiger partial charge in [0, 0.05) is 35.6 Å². The van der Waals surface area contributed by atoms with Crippen LogP contribution in [0.25, 0.3) is 16.6 Å². The Bertz CT molecular complexity index is 1340. The van der Waals surface area contributed by atoms with Crippen molar-refractivity contribution in [2.75, 3.05) is 0 Å². The van der Waals surface area contributed by atoms with Crippen molar-refractivity contribution in [2.45, 2.75) is 87.6 Å². The van der Waals surface area contributed by atoms with Crippen LogP contribution in [0.5, 0.6) is 0 Å². The first-order valence-electron chi connectivity index (χ1n) is 13.5. The van der Waals surface area contributed by atoms with Crippen LogP contribution in [-0.2, 0) is 24.2 Å². The minimum atomic E-state index is -0.333. The highest BCUT2D eigenvalue weighted by atomic mass is 19.1. The molecule has 3 heterocycles. The molecule has 1 unspecified atom stereocenters. The van der Waals surface area contributed by atoms with E-state index in [2.05, 4.69) is 57.1 Å². The number of halogens is 1. The molecule has 0 radical (unpaired) electrons. The zero-order valence-electron chi connectivity index (χ0n) is 23.8. The largest absolute Gasteiger partial charge is 0.370 e. The lowest BCUT2D eigenvalue weighted by Gasteiger charge is -2.32. The van der Waals surface area contributed by atoms with E-state index in [1.165, 1.54) is 40.2 Å². The summed E-state index contributed by atoms with van der Waals surface area (Å²) in [5.41, 5.74) is 17.2.